The molecule has 1 aromatic carbocycles. The highest BCUT2D eigenvalue weighted by molar-refractivity contribution is 5.81. The van der Waals surface area contributed by atoms with Crippen LogP contribution in [0.2, 0.25) is 0 Å². The third-order valence-electron chi connectivity index (χ3n) is 3.33. The normalized spacial score (nSPS) is 11.2. The molecule has 0 aliphatic rings. The Balaban J connectivity index is 3.07. The van der Waals surface area contributed by atoms with E-state index in [2.05, 4.69) is 0 Å². The van der Waals surface area contributed by atoms with Crippen molar-refractivity contribution >= 4 is 5.97 Å². The minimum Gasteiger partial charge on any atom is -0.494 e. The molecule has 0 bridgehead atoms. The Labute approximate surface area is 102 Å². The predicted octanol–water partition coefficient (Wildman–Crippen LogP) is 3.23. The molecule has 0 atom stereocenters. The average molecular weight is 236 g/mol. The van der Waals surface area contributed by atoms with E-state index < -0.39 is 11.4 Å². The number of carbonyl (C=O) groups is 1. The lowest BCUT2D eigenvalue weighted by atomic mass is 9.76. The molecule has 0 fully saturated rings. The van der Waals surface area contributed by atoms with Crippen molar-refractivity contribution in [1.82, 2.24) is 0 Å². The molecule has 94 valence electrons. The topological polar surface area (TPSA) is 46.5 Å². The Morgan fingerprint density at radius 2 is 1.71 bits per heavy atom. The Hall–Kier alpha value is -1.51. The van der Waals surface area contributed by atoms with Crippen LogP contribution < -0.4 is 4.74 Å². The molecule has 3 nitrogen and oxygen atoms in total. The van der Waals surface area contributed by atoms with Gasteiger partial charge < -0.3 is 9.84 Å². The third kappa shape index (κ3) is 2.60. The summed E-state index contributed by atoms with van der Waals surface area (Å²) in [5.74, 6) is 0.0226. The van der Waals surface area contributed by atoms with Crippen LogP contribution in [0.15, 0.2) is 24.3 Å². The van der Waals surface area contributed by atoms with Gasteiger partial charge in [0.25, 0.3) is 0 Å². The van der Waals surface area contributed by atoms with E-state index in [4.69, 9.17) is 4.74 Å². The number of carboxylic acid groups (broad SMARTS) is 1. The van der Waals surface area contributed by atoms with Gasteiger partial charge in [0.05, 0.1) is 12.0 Å². The SMILES string of the molecule is CCOc1ccc(C(CC)(CC)C(=O)O)cc1. The van der Waals surface area contributed by atoms with E-state index in [1.807, 2.05) is 45.0 Å². The van der Waals surface area contributed by atoms with E-state index in [0.29, 0.717) is 19.4 Å². The molecular formula is C14H20O3. The van der Waals surface area contributed by atoms with Crippen molar-refractivity contribution < 1.29 is 14.6 Å². The van der Waals surface area contributed by atoms with E-state index in [0.717, 1.165) is 11.3 Å². The standard InChI is InChI=1S/C14H20O3/c1-4-14(5-2,13(15)16)11-7-9-12(10-8-11)17-6-3/h7-10H,4-6H2,1-3H3,(H,15,16). The number of benzene rings is 1. The second-order valence-corrected chi connectivity index (χ2v) is 4.05. The molecule has 0 aliphatic carbocycles. The summed E-state index contributed by atoms with van der Waals surface area (Å²) in [5, 5.41) is 9.42. The van der Waals surface area contributed by atoms with Gasteiger partial charge in [0.2, 0.25) is 0 Å². The van der Waals surface area contributed by atoms with Gasteiger partial charge in [0.1, 0.15) is 5.75 Å². The fourth-order valence-electron chi connectivity index (χ4n) is 2.12. The molecule has 1 aromatic rings. The fraction of sp³-hybridized carbons (Fsp3) is 0.500. The lowest BCUT2D eigenvalue weighted by Crippen LogP contribution is -2.34. The average Bonchev–Trinajstić information content (AvgIpc) is 2.33. The smallest absolute Gasteiger partial charge is 0.314 e. The zero-order chi connectivity index (χ0) is 12.9. The van der Waals surface area contributed by atoms with E-state index in [1.54, 1.807) is 0 Å². The molecule has 0 heterocycles. The first-order valence-electron chi connectivity index (χ1n) is 6.07. The Morgan fingerprint density at radius 1 is 1.18 bits per heavy atom. The van der Waals surface area contributed by atoms with Crippen molar-refractivity contribution in [2.45, 2.75) is 39.0 Å². The maximum Gasteiger partial charge on any atom is 0.314 e. The molecule has 1 rings (SSSR count). The molecule has 0 saturated heterocycles. The second-order valence-electron chi connectivity index (χ2n) is 4.05. The minimum absolute atomic E-state index is 0.590. The van der Waals surface area contributed by atoms with Crippen molar-refractivity contribution in [2.75, 3.05) is 6.61 Å². The summed E-state index contributed by atoms with van der Waals surface area (Å²) in [6, 6.07) is 7.38. The predicted molar refractivity (Wildman–Crippen MR) is 67.5 cm³/mol. The molecule has 1 N–H and O–H groups in total. The van der Waals surface area contributed by atoms with Gasteiger partial charge in [-0.25, -0.2) is 0 Å². The van der Waals surface area contributed by atoms with Crippen LogP contribution in [0.5, 0.6) is 5.75 Å². The first-order chi connectivity index (χ1) is 8.10. The summed E-state index contributed by atoms with van der Waals surface area (Å²) in [6.07, 6.45) is 1.18. The summed E-state index contributed by atoms with van der Waals surface area (Å²) in [4.78, 5) is 11.5. The van der Waals surface area contributed by atoms with Crippen LogP contribution in [0, 0.1) is 0 Å². The molecule has 0 unspecified atom stereocenters. The van der Waals surface area contributed by atoms with Crippen LogP contribution in [-0.2, 0) is 10.2 Å². The van der Waals surface area contributed by atoms with Gasteiger partial charge in [0, 0.05) is 0 Å². The quantitative estimate of drug-likeness (QED) is 0.824. The maximum absolute atomic E-state index is 11.5. The maximum atomic E-state index is 11.5. The van der Waals surface area contributed by atoms with Crippen molar-refractivity contribution in [3.8, 4) is 5.75 Å². The first kappa shape index (κ1) is 13.6. The first-order valence-corrected chi connectivity index (χ1v) is 6.07. The molecule has 0 amide bonds. The van der Waals surface area contributed by atoms with Crippen molar-refractivity contribution in [3.05, 3.63) is 29.8 Å². The number of carboxylic acids is 1. The van der Waals surface area contributed by atoms with Crippen LogP contribution in [0.25, 0.3) is 0 Å². The summed E-state index contributed by atoms with van der Waals surface area (Å²) in [6.45, 7) is 6.36. The molecule has 17 heavy (non-hydrogen) atoms. The largest absolute Gasteiger partial charge is 0.494 e. The molecule has 0 spiro atoms. The van der Waals surface area contributed by atoms with Gasteiger partial charge >= 0.3 is 5.97 Å². The zero-order valence-electron chi connectivity index (χ0n) is 10.7. The van der Waals surface area contributed by atoms with Gasteiger partial charge in [-0.3, -0.25) is 4.79 Å². The number of ether oxygens (including phenoxy) is 1. The van der Waals surface area contributed by atoms with Crippen molar-refractivity contribution in [2.24, 2.45) is 0 Å². The Morgan fingerprint density at radius 3 is 2.06 bits per heavy atom. The van der Waals surface area contributed by atoms with Gasteiger partial charge in [0.15, 0.2) is 0 Å². The number of hydrogen-bond acceptors (Lipinski definition) is 2. The van der Waals surface area contributed by atoms with E-state index in [1.165, 1.54) is 0 Å². The van der Waals surface area contributed by atoms with Crippen molar-refractivity contribution in [3.63, 3.8) is 0 Å². The van der Waals surface area contributed by atoms with Crippen LogP contribution in [0.4, 0.5) is 0 Å². The van der Waals surface area contributed by atoms with Gasteiger partial charge in [-0.15, -0.1) is 0 Å². The molecule has 0 aliphatic heterocycles. The third-order valence-corrected chi connectivity index (χ3v) is 3.33. The zero-order valence-corrected chi connectivity index (χ0v) is 10.7. The highest BCUT2D eigenvalue weighted by Crippen LogP contribution is 2.33. The molecule has 0 aromatic heterocycles. The summed E-state index contributed by atoms with van der Waals surface area (Å²) in [7, 11) is 0. The lowest BCUT2D eigenvalue weighted by Gasteiger charge is -2.27. The van der Waals surface area contributed by atoms with E-state index in [9.17, 15) is 9.90 Å². The van der Waals surface area contributed by atoms with E-state index >= 15 is 0 Å². The van der Waals surface area contributed by atoms with Gasteiger partial charge in [-0.05, 0) is 37.5 Å². The number of rotatable bonds is 6. The van der Waals surface area contributed by atoms with Crippen molar-refractivity contribution in [1.29, 1.82) is 0 Å². The lowest BCUT2D eigenvalue weighted by molar-refractivity contribution is -0.144. The monoisotopic (exact) mass is 236 g/mol. The van der Waals surface area contributed by atoms with Crippen LogP contribution in [0.1, 0.15) is 39.2 Å². The summed E-state index contributed by atoms with van der Waals surface area (Å²) >= 11 is 0. The molecular weight excluding hydrogens is 216 g/mol. The minimum atomic E-state index is -0.773. The molecule has 3 heteroatoms. The number of hydrogen-bond donors (Lipinski definition) is 1. The van der Waals surface area contributed by atoms with Crippen LogP contribution >= 0.6 is 0 Å². The summed E-state index contributed by atoms with van der Waals surface area (Å²) in [5.41, 5.74) is 0.0727. The second kappa shape index (κ2) is 5.71. The van der Waals surface area contributed by atoms with Gasteiger partial charge in [-0.1, -0.05) is 26.0 Å². The van der Waals surface area contributed by atoms with Gasteiger partial charge in [-0.2, -0.15) is 0 Å². The Bertz CT molecular complexity index is 364. The molecule has 0 saturated carbocycles. The fourth-order valence-corrected chi connectivity index (χ4v) is 2.12. The molecule has 0 radical (unpaired) electrons. The summed E-state index contributed by atoms with van der Waals surface area (Å²) < 4.78 is 5.35. The van der Waals surface area contributed by atoms with E-state index in [-0.39, 0.29) is 0 Å². The Kier molecular flexibility index (Phi) is 4.55. The highest BCUT2D eigenvalue weighted by atomic mass is 16.5. The van der Waals surface area contributed by atoms with Crippen LogP contribution in [-0.4, -0.2) is 17.7 Å². The van der Waals surface area contributed by atoms with Crippen LogP contribution in [0.3, 0.4) is 0 Å². The highest BCUT2D eigenvalue weighted by Gasteiger charge is 2.36. The number of aliphatic carboxylic acids is 1.